The normalized spacial score (nSPS) is 17.8. The van der Waals surface area contributed by atoms with Crippen LogP contribution in [0.4, 0.5) is 5.69 Å². The SMILES string of the molecule is Cc1c(Cl)cccc1N1C(=O)C[C@@H](NCc2ccncc2)C1=O. The van der Waals surface area contributed by atoms with Crippen molar-refractivity contribution in [2.75, 3.05) is 4.90 Å². The van der Waals surface area contributed by atoms with Gasteiger partial charge in [-0.15, -0.1) is 0 Å². The summed E-state index contributed by atoms with van der Waals surface area (Å²) < 4.78 is 0. The molecule has 0 saturated carbocycles. The molecule has 1 saturated heterocycles. The molecule has 1 atom stereocenters. The van der Waals surface area contributed by atoms with Crippen LogP contribution in [0.3, 0.4) is 0 Å². The predicted octanol–water partition coefficient (Wildman–Crippen LogP) is 2.47. The van der Waals surface area contributed by atoms with Crippen molar-refractivity contribution in [1.29, 1.82) is 0 Å². The molecule has 0 spiro atoms. The molecule has 5 nitrogen and oxygen atoms in total. The van der Waals surface area contributed by atoms with Gasteiger partial charge < -0.3 is 5.32 Å². The van der Waals surface area contributed by atoms with Crippen molar-refractivity contribution >= 4 is 29.1 Å². The van der Waals surface area contributed by atoms with E-state index in [2.05, 4.69) is 10.3 Å². The number of halogens is 1. The number of aromatic nitrogens is 1. The van der Waals surface area contributed by atoms with Gasteiger partial charge in [0.15, 0.2) is 0 Å². The lowest BCUT2D eigenvalue weighted by Crippen LogP contribution is -2.38. The third-order valence-corrected chi connectivity index (χ3v) is 4.34. The van der Waals surface area contributed by atoms with Crippen LogP contribution in [-0.2, 0) is 16.1 Å². The number of hydrogen-bond acceptors (Lipinski definition) is 4. The summed E-state index contributed by atoms with van der Waals surface area (Å²) >= 11 is 6.09. The fourth-order valence-corrected chi connectivity index (χ4v) is 2.79. The van der Waals surface area contributed by atoms with E-state index in [9.17, 15) is 9.59 Å². The fourth-order valence-electron chi connectivity index (χ4n) is 2.62. The van der Waals surface area contributed by atoms with Gasteiger partial charge in [-0.25, -0.2) is 4.90 Å². The molecule has 2 aromatic rings. The zero-order chi connectivity index (χ0) is 16.4. The standard InChI is InChI=1S/C17H16ClN3O2/c1-11-13(18)3-2-4-15(11)21-16(22)9-14(17(21)23)20-10-12-5-7-19-8-6-12/h2-8,14,20H,9-10H2,1H3/t14-/m1/s1. The second-order valence-corrected chi connectivity index (χ2v) is 5.85. The minimum absolute atomic E-state index is 0.149. The average molecular weight is 330 g/mol. The zero-order valence-electron chi connectivity index (χ0n) is 12.6. The number of rotatable bonds is 4. The molecule has 0 radical (unpaired) electrons. The van der Waals surface area contributed by atoms with E-state index in [1.165, 1.54) is 4.90 Å². The third-order valence-electron chi connectivity index (χ3n) is 3.93. The maximum absolute atomic E-state index is 12.6. The molecule has 0 bridgehead atoms. The summed E-state index contributed by atoms with van der Waals surface area (Å²) in [6.45, 7) is 2.31. The van der Waals surface area contributed by atoms with Crippen molar-refractivity contribution < 1.29 is 9.59 Å². The van der Waals surface area contributed by atoms with Gasteiger partial charge in [-0.2, -0.15) is 0 Å². The summed E-state index contributed by atoms with van der Waals surface area (Å²) in [7, 11) is 0. The number of nitrogens with zero attached hydrogens (tertiary/aromatic N) is 2. The van der Waals surface area contributed by atoms with Gasteiger partial charge in [0.1, 0.15) is 0 Å². The van der Waals surface area contributed by atoms with Crippen molar-refractivity contribution in [1.82, 2.24) is 10.3 Å². The Kier molecular flexibility index (Phi) is 4.41. The summed E-state index contributed by atoms with van der Waals surface area (Å²) in [6, 6.07) is 8.44. The van der Waals surface area contributed by atoms with Crippen molar-refractivity contribution in [3.05, 3.63) is 58.9 Å². The lowest BCUT2D eigenvalue weighted by Gasteiger charge is -2.18. The number of carbonyl (C=O) groups is 2. The lowest BCUT2D eigenvalue weighted by molar-refractivity contribution is -0.121. The Labute approximate surface area is 139 Å². The van der Waals surface area contributed by atoms with Crippen LogP contribution < -0.4 is 10.2 Å². The smallest absolute Gasteiger partial charge is 0.251 e. The molecule has 118 valence electrons. The zero-order valence-corrected chi connectivity index (χ0v) is 13.4. The molecule has 1 aliphatic heterocycles. The number of hydrogen-bond donors (Lipinski definition) is 1. The van der Waals surface area contributed by atoms with E-state index in [0.717, 1.165) is 11.1 Å². The lowest BCUT2D eigenvalue weighted by atomic mass is 10.2. The van der Waals surface area contributed by atoms with Crippen LogP contribution in [0.2, 0.25) is 5.02 Å². The predicted molar refractivity (Wildman–Crippen MR) is 88.2 cm³/mol. The fraction of sp³-hybridized carbons (Fsp3) is 0.235. The van der Waals surface area contributed by atoms with Crippen LogP contribution in [0.25, 0.3) is 0 Å². The molecule has 1 N–H and O–H groups in total. The number of benzene rings is 1. The minimum Gasteiger partial charge on any atom is -0.301 e. The first kappa shape index (κ1) is 15.6. The number of pyridine rings is 1. The minimum atomic E-state index is -0.519. The highest BCUT2D eigenvalue weighted by Crippen LogP contribution is 2.30. The van der Waals surface area contributed by atoms with Gasteiger partial charge >= 0.3 is 0 Å². The molecule has 1 aromatic heterocycles. The van der Waals surface area contributed by atoms with Gasteiger partial charge in [0.05, 0.1) is 18.2 Å². The van der Waals surface area contributed by atoms with E-state index in [0.29, 0.717) is 17.3 Å². The number of anilines is 1. The topological polar surface area (TPSA) is 62.3 Å². The van der Waals surface area contributed by atoms with Gasteiger partial charge in [-0.1, -0.05) is 17.7 Å². The van der Waals surface area contributed by atoms with Crippen LogP contribution >= 0.6 is 11.6 Å². The van der Waals surface area contributed by atoms with Crippen LogP contribution in [0.1, 0.15) is 17.5 Å². The first-order chi connectivity index (χ1) is 11.1. The summed E-state index contributed by atoms with van der Waals surface area (Å²) in [5.74, 6) is -0.456. The molecular weight excluding hydrogens is 314 g/mol. The molecule has 3 rings (SSSR count). The van der Waals surface area contributed by atoms with Gasteiger partial charge in [-0.05, 0) is 42.3 Å². The molecule has 2 heterocycles. The van der Waals surface area contributed by atoms with Crippen LogP contribution in [-0.4, -0.2) is 22.8 Å². The Morgan fingerprint density at radius 3 is 2.74 bits per heavy atom. The molecule has 23 heavy (non-hydrogen) atoms. The molecule has 2 amide bonds. The van der Waals surface area contributed by atoms with Crippen molar-refractivity contribution in [3.8, 4) is 0 Å². The van der Waals surface area contributed by atoms with Crippen LogP contribution in [0.5, 0.6) is 0 Å². The van der Waals surface area contributed by atoms with E-state index in [4.69, 9.17) is 11.6 Å². The first-order valence-electron chi connectivity index (χ1n) is 7.32. The molecule has 1 aliphatic rings. The molecule has 0 aliphatic carbocycles. The summed E-state index contributed by atoms with van der Waals surface area (Å²) in [6.07, 6.45) is 3.54. The van der Waals surface area contributed by atoms with Crippen LogP contribution in [0.15, 0.2) is 42.7 Å². The Morgan fingerprint density at radius 2 is 2.00 bits per heavy atom. The number of imide groups is 1. The maximum atomic E-state index is 12.6. The van der Waals surface area contributed by atoms with E-state index in [1.807, 2.05) is 12.1 Å². The molecule has 1 fully saturated rings. The molecule has 0 unspecified atom stereocenters. The monoisotopic (exact) mass is 329 g/mol. The highest BCUT2D eigenvalue weighted by Gasteiger charge is 2.39. The van der Waals surface area contributed by atoms with E-state index in [1.54, 1.807) is 37.5 Å². The first-order valence-corrected chi connectivity index (χ1v) is 7.70. The Balaban J connectivity index is 1.76. The quantitative estimate of drug-likeness (QED) is 0.875. The van der Waals surface area contributed by atoms with Crippen molar-refractivity contribution in [2.45, 2.75) is 25.9 Å². The van der Waals surface area contributed by atoms with Gasteiger partial charge in [0, 0.05) is 24.0 Å². The second kappa shape index (κ2) is 6.48. The Hall–Kier alpha value is -2.24. The molecular formula is C17H16ClN3O2. The summed E-state index contributed by atoms with van der Waals surface area (Å²) in [4.78, 5) is 30.1. The summed E-state index contributed by atoms with van der Waals surface area (Å²) in [5.41, 5.74) is 2.30. The van der Waals surface area contributed by atoms with Gasteiger partial charge in [-0.3, -0.25) is 14.6 Å². The van der Waals surface area contributed by atoms with E-state index >= 15 is 0 Å². The highest BCUT2D eigenvalue weighted by atomic mass is 35.5. The Bertz CT molecular complexity index is 749. The molecule has 1 aromatic carbocycles. The number of carbonyl (C=O) groups excluding carboxylic acids is 2. The van der Waals surface area contributed by atoms with E-state index in [-0.39, 0.29) is 18.2 Å². The number of amides is 2. The Morgan fingerprint density at radius 1 is 1.26 bits per heavy atom. The van der Waals surface area contributed by atoms with Crippen LogP contribution in [0, 0.1) is 6.92 Å². The average Bonchev–Trinajstić information content (AvgIpc) is 2.83. The van der Waals surface area contributed by atoms with Gasteiger partial charge in [0.25, 0.3) is 5.91 Å². The van der Waals surface area contributed by atoms with Crippen molar-refractivity contribution in [2.24, 2.45) is 0 Å². The van der Waals surface area contributed by atoms with Crippen molar-refractivity contribution in [3.63, 3.8) is 0 Å². The maximum Gasteiger partial charge on any atom is 0.251 e. The summed E-state index contributed by atoms with van der Waals surface area (Å²) in [5, 5.41) is 3.68. The molecule has 6 heteroatoms. The second-order valence-electron chi connectivity index (χ2n) is 5.44. The number of nitrogens with one attached hydrogen (secondary N) is 1. The highest BCUT2D eigenvalue weighted by molar-refractivity contribution is 6.32. The largest absolute Gasteiger partial charge is 0.301 e. The van der Waals surface area contributed by atoms with Gasteiger partial charge in [0.2, 0.25) is 5.91 Å². The van der Waals surface area contributed by atoms with E-state index < -0.39 is 6.04 Å². The third kappa shape index (κ3) is 3.11.